The van der Waals surface area contributed by atoms with E-state index in [1.165, 1.54) is 7.11 Å². The molecular weight excluding hydrogens is 436 g/mol. The smallest absolute Gasteiger partial charge is 0.340 e. The van der Waals surface area contributed by atoms with Gasteiger partial charge in [0.25, 0.3) is 0 Å². The zero-order valence-corrected chi connectivity index (χ0v) is 20.9. The van der Waals surface area contributed by atoms with Crippen molar-refractivity contribution in [2.75, 3.05) is 7.11 Å². The molecule has 0 radical (unpaired) electrons. The number of rotatable bonds is 8. The van der Waals surface area contributed by atoms with Crippen molar-refractivity contribution in [3.8, 4) is 0 Å². The van der Waals surface area contributed by atoms with Crippen molar-refractivity contribution in [2.24, 2.45) is 17.3 Å². The molecule has 4 rings (SSSR count). The number of fused-ring (bicyclic) bond motifs is 3. The van der Waals surface area contributed by atoms with E-state index in [-0.39, 0.29) is 41.3 Å². The Bertz CT molecular complexity index is 968. The predicted octanol–water partition coefficient (Wildman–Crippen LogP) is 4.10. The molecule has 0 heterocycles. The summed E-state index contributed by atoms with van der Waals surface area (Å²) in [7, 11) is 1.48. The van der Waals surface area contributed by atoms with Crippen molar-refractivity contribution in [3.05, 3.63) is 47.4 Å². The van der Waals surface area contributed by atoms with Crippen LogP contribution in [0.1, 0.15) is 65.5 Å². The van der Waals surface area contributed by atoms with Gasteiger partial charge in [0, 0.05) is 18.9 Å². The highest BCUT2D eigenvalue weighted by Gasteiger charge is 2.75. The second-order valence-corrected chi connectivity index (χ2v) is 10.5. The maximum absolute atomic E-state index is 13.6. The van der Waals surface area contributed by atoms with Gasteiger partial charge in [0.05, 0.1) is 17.6 Å². The molecule has 0 bridgehead atoms. The van der Waals surface area contributed by atoms with Crippen LogP contribution in [-0.4, -0.2) is 47.9 Å². The van der Waals surface area contributed by atoms with Crippen LogP contribution in [0.4, 0.5) is 0 Å². The Morgan fingerprint density at radius 2 is 1.71 bits per heavy atom. The van der Waals surface area contributed by atoms with Gasteiger partial charge in [-0.15, -0.1) is 0 Å². The van der Waals surface area contributed by atoms with E-state index in [0.717, 1.165) is 5.56 Å². The predicted molar refractivity (Wildman–Crippen MR) is 124 cm³/mol. The highest BCUT2D eigenvalue weighted by molar-refractivity contribution is 6.03. The number of esters is 1. The van der Waals surface area contributed by atoms with Crippen LogP contribution in [-0.2, 0) is 28.5 Å². The molecule has 2 saturated carbocycles. The van der Waals surface area contributed by atoms with Crippen molar-refractivity contribution in [1.29, 1.82) is 0 Å². The lowest BCUT2D eigenvalue weighted by molar-refractivity contribution is -0.163. The summed E-state index contributed by atoms with van der Waals surface area (Å²) in [6.07, 6.45) is -0.0848. The van der Waals surface area contributed by atoms with Crippen LogP contribution < -0.4 is 0 Å². The largest absolute Gasteiger partial charge is 0.488 e. The first-order valence-corrected chi connectivity index (χ1v) is 12.2. The van der Waals surface area contributed by atoms with Gasteiger partial charge in [0.15, 0.2) is 11.9 Å². The third kappa shape index (κ3) is 3.73. The van der Waals surface area contributed by atoms with Crippen LogP contribution in [0.3, 0.4) is 0 Å². The van der Waals surface area contributed by atoms with Crippen LogP contribution in [0.2, 0.25) is 0 Å². The van der Waals surface area contributed by atoms with Crippen molar-refractivity contribution < 1.29 is 33.6 Å². The van der Waals surface area contributed by atoms with Gasteiger partial charge >= 0.3 is 5.97 Å². The van der Waals surface area contributed by atoms with Crippen molar-refractivity contribution in [1.82, 2.24) is 0 Å². The van der Waals surface area contributed by atoms with Gasteiger partial charge in [0.1, 0.15) is 11.7 Å². The number of Topliss-reactive ketones (excluding diaryl/α,β-unsaturated/α-hetero) is 1. The fourth-order valence-corrected chi connectivity index (χ4v) is 6.15. The van der Waals surface area contributed by atoms with Gasteiger partial charge in [-0.25, -0.2) is 4.79 Å². The number of aliphatic hydroxyl groups is 1. The first kappa shape index (κ1) is 24.7. The minimum absolute atomic E-state index is 0.135. The summed E-state index contributed by atoms with van der Waals surface area (Å²) in [6, 6.07) is 9.22. The molecule has 0 amide bonds. The second-order valence-electron chi connectivity index (χ2n) is 10.5. The highest BCUT2D eigenvalue weighted by Crippen LogP contribution is 2.66. The average Bonchev–Trinajstić information content (AvgIpc) is 3.31. The van der Waals surface area contributed by atoms with E-state index < -0.39 is 29.2 Å². The summed E-state index contributed by atoms with van der Waals surface area (Å²) in [6.45, 7) is 9.21. The molecule has 1 N–H and O–H groups in total. The van der Waals surface area contributed by atoms with E-state index in [0.29, 0.717) is 19.3 Å². The number of ether oxygens (including phenoxy) is 4. The Balaban J connectivity index is 1.61. The Morgan fingerprint density at radius 3 is 2.29 bits per heavy atom. The Labute approximate surface area is 201 Å². The van der Waals surface area contributed by atoms with Gasteiger partial charge in [-0.3, -0.25) is 4.79 Å². The molecule has 3 aliphatic carbocycles. The molecule has 0 aromatic heterocycles. The Kier molecular flexibility index (Phi) is 6.55. The summed E-state index contributed by atoms with van der Waals surface area (Å²) < 4.78 is 23.4. The second kappa shape index (κ2) is 9.00. The fourth-order valence-electron chi connectivity index (χ4n) is 6.15. The summed E-state index contributed by atoms with van der Waals surface area (Å²) in [4.78, 5) is 26.6. The number of methoxy groups -OCH3 is 1. The zero-order chi connectivity index (χ0) is 24.8. The van der Waals surface area contributed by atoms with Crippen LogP contribution in [0.15, 0.2) is 41.9 Å². The standard InChI is InChI=1S/C27H36O7/c1-15(2)32-22-23(28)26(5)14-18-19(27(26,30)24(22)33-16(3)4)12-13-20(18)34-25(29)21(31-6)17-10-8-7-9-11-17/h7-11,15-16,18-21,30H,12-14H2,1-6H3/t18-,19-,20+,21+,26+,27+/m0/s1. The summed E-state index contributed by atoms with van der Waals surface area (Å²) in [5.41, 5.74) is -1.87. The minimum atomic E-state index is -1.50. The van der Waals surface area contributed by atoms with Crippen molar-refractivity contribution in [3.63, 3.8) is 0 Å². The zero-order valence-electron chi connectivity index (χ0n) is 20.9. The number of hydrogen-bond donors (Lipinski definition) is 1. The van der Waals surface area contributed by atoms with Gasteiger partial charge < -0.3 is 24.1 Å². The number of ketones is 1. The van der Waals surface area contributed by atoms with Crippen molar-refractivity contribution >= 4 is 11.8 Å². The molecule has 6 atom stereocenters. The molecule has 186 valence electrons. The molecule has 34 heavy (non-hydrogen) atoms. The van der Waals surface area contributed by atoms with E-state index in [4.69, 9.17) is 18.9 Å². The van der Waals surface area contributed by atoms with E-state index in [2.05, 4.69) is 0 Å². The van der Waals surface area contributed by atoms with Gasteiger partial charge in [-0.05, 0) is 59.4 Å². The molecule has 7 nitrogen and oxygen atoms in total. The maximum atomic E-state index is 13.6. The van der Waals surface area contributed by atoms with E-state index in [1.54, 1.807) is 6.92 Å². The summed E-state index contributed by atoms with van der Waals surface area (Å²) in [5, 5.41) is 12.2. The molecule has 7 heteroatoms. The lowest BCUT2D eigenvalue weighted by Gasteiger charge is -2.37. The quantitative estimate of drug-likeness (QED) is 0.570. The number of benzene rings is 1. The molecule has 0 unspecified atom stereocenters. The molecule has 2 fully saturated rings. The van der Waals surface area contributed by atoms with Crippen LogP contribution >= 0.6 is 0 Å². The van der Waals surface area contributed by atoms with Gasteiger partial charge in [-0.2, -0.15) is 0 Å². The number of carbonyl (C=O) groups excluding carboxylic acids is 2. The van der Waals surface area contributed by atoms with Gasteiger partial charge in [0.2, 0.25) is 11.5 Å². The van der Waals surface area contributed by atoms with E-state index in [1.807, 2.05) is 58.0 Å². The molecule has 3 aliphatic rings. The van der Waals surface area contributed by atoms with Crippen LogP contribution in [0.25, 0.3) is 0 Å². The fraction of sp³-hybridized carbons (Fsp3) is 0.630. The summed E-state index contributed by atoms with van der Waals surface area (Å²) >= 11 is 0. The third-order valence-corrected chi connectivity index (χ3v) is 7.56. The molecule has 0 aliphatic heterocycles. The first-order chi connectivity index (χ1) is 16.0. The SMILES string of the molecule is CO[C@@H](C(=O)O[C@@H]1CC[C@H]2[C@@H]1C[C@]1(C)C(=O)C(OC(C)C)=C(OC(C)C)[C@]21O)c1ccccc1. The first-order valence-electron chi connectivity index (χ1n) is 12.2. The molecule has 0 saturated heterocycles. The van der Waals surface area contributed by atoms with E-state index in [9.17, 15) is 14.7 Å². The third-order valence-electron chi connectivity index (χ3n) is 7.56. The monoisotopic (exact) mass is 472 g/mol. The number of hydrogen-bond acceptors (Lipinski definition) is 7. The number of allylic oxidation sites excluding steroid dienone is 1. The molecule has 0 spiro atoms. The maximum Gasteiger partial charge on any atom is 0.340 e. The lowest BCUT2D eigenvalue weighted by atomic mass is 9.73. The van der Waals surface area contributed by atoms with Crippen LogP contribution in [0, 0.1) is 17.3 Å². The molecule has 1 aromatic rings. The average molecular weight is 473 g/mol. The number of carbonyl (C=O) groups is 2. The topological polar surface area (TPSA) is 91.3 Å². The Hall–Kier alpha value is -2.38. The van der Waals surface area contributed by atoms with E-state index >= 15 is 0 Å². The Morgan fingerprint density at radius 1 is 1.06 bits per heavy atom. The lowest BCUT2D eigenvalue weighted by Crippen LogP contribution is -2.48. The van der Waals surface area contributed by atoms with Gasteiger partial charge in [-0.1, -0.05) is 30.3 Å². The summed E-state index contributed by atoms with van der Waals surface area (Å²) in [5.74, 6) is -0.768. The minimum Gasteiger partial charge on any atom is -0.488 e. The highest BCUT2D eigenvalue weighted by atomic mass is 16.6. The molecule has 1 aromatic carbocycles. The van der Waals surface area contributed by atoms with Crippen LogP contribution in [0.5, 0.6) is 0 Å². The molecular formula is C27H36O7. The normalized spacial score (nSPS) is 33.3. The van der Waals surface area contributed by atoms with Crippen molar-refractivity contribution in [2.45, 2.75) is 83.9 Å².